The van der Waals surface area contributed by atoms with E-state index in [0.29, 0.717) is 29.3 Å². The predicted octanol–water partition coefficient (Wildman–Crippen LogP) is 2.12. The molecule has 1 unspecified atom stereocenters. The van der Waals surface area contributed by atoms with Gasteiger partial charge in [0, 0.05) is 42.4 Å². The quantitative estimate of drug-likeness (QED) is 0.735. The minimum absolute atomic E-state index is 0. The summed E-state index contributed by atoms with van der Waals surface area (Å²) < 4.78 is 24.6. The molecule has 2 aromatic rings. The number of amides is 1. The highest BCUT2D eigenvalue weighted by molar-refractivity contribution is 5.94. The molecule has 2 heterocycles. The summed E-state index contributed by atoms with van der Waals surface area (Å²) in [6.45, 7) is 3.15. The average Bonchev–Trinajstić information content (AvgIpc) is 3.05. The summed E-state index contributed by atoms with van der Waals surface area (Å²) in [7, 11) is 2.92. The average molecular weight is 385 g/mol. The second kappa shape index (κ2) is 8.37. The van der Waals surface area contributed by atoms with Crippen LogP contribution in [0.25, 0.3) is 0 Å². The number of methoxy groups -OCH3 is 2. The molecule has 1 aromatic carbocycles. The van der Waals surface area contributed by atoms with Gasteiger partial charge in [-0.25, -0.2) is 4.39 Å². The Morgan fingerprint density at radius 1 is 1.31 bits per heavy atom. The van der Waals surface area contributed by atoms with Crippen LogP contribution >= 0.6 is 12.4 Å². The minimum atomic E-state index is -0.559. The van der Waals surface area contributed by atoms with E-state index < -0.39 is 11.9 Å². The summed E-state index contributed by atoms with van der Waals surface area (Å²) >= 11 is 0. The van der Waals surface area contributed by atoms with E-state index in [1.165, 1.54) is 26.4 Å². The highest BCUT2D eigenvalue weighted by Gasteiger charge is 2.24. The molecule has 1 aliphatic rings. The lowest BCUT2D eigenvalue weighted by Gasteiger charge is -2.18. The molecule has 1 aromatic heterocycles. The van der Waals surface area contributed by atoms with Crippen molar-refractivity contribution in [2.45, 2.75) is 25.9 Å². The SMILES string of the molecule is COc1cc(F)c(C(C)NC(=O)c2n[nH]c3c2CNCC3)cc1OC.Cl. The minimum Gasteiger partial charge on any atom is -0.493 e. The molecule has 1 aliphatic heterocycles. The maximum atomic E-state index is 14.4. The van der Waals surface area contributed by atoms with E-state index in [1.54, 1.807) is 6.92 Å². The van der Waals surface area contributed by atoms with Crippen molar-refractivity contribution >= 4 is 18.3 Å². The monoisotopic (exact) mass is 384 g/mol. The van der Waals surface area contributed by atoms with Gasteiger partial charge in [-0.2, -0.15) is 5.10 Å². The van der Waals surface area contributed by atoms with Gasteiger partial charge in [0.25, 0.3) is 5.91 Å². The Kier molecular flexibility index (Phi) is 6.44. The lowest BCUT2D eigenvalue weighted by molar-refractivity contribution is 0.0933. The van der Waals surface area contributed by atoms with Crippen LogP contribution in [0.5, 0.6) is 11.5 Å². The molecule has 0 aliphatic carbocycles. The molecule has 1 atom stereocenters. The van der Waals surface area contributed by atoms with Gasteiger partial charge in [0.15, 0.2) is 17.2 Å². The number of rotatable bonds is 5. The number of nitrogens with zero attached hydrogens (tertiary/aromatic N) is 1. The van der Waals surface area contributed by atoms with Gasteiger partial charge in [-0.1, -0.05) is 0 Å². The van der Waals surface area contributed by atoms with E-state index in [0.717, 1.165) is 24.2 Å². The molecule has 0 radical (unpaired) electrons. The van der Waals surface area contributed by atoms with Crippen LogP contribution in [-0.4, -0.2) is 36.9 Å². The van der Waals surface area contributed by atoms with Crippen molar-refractivity contribution in [3.63, 3.8) is 0 Å². The second-order valence-electron chi connectivity index (χ2n) is 5.88. The largest absolute Gasteiger partial charge is 0.493 e. The number of nitrogens with one attached hydrogen (secondary N) is 3. The Balaban J connectivity index is 0.00000243. The van der Waals surface area contributed by atoms with Crippen LogP contribution in [-0.2, 0) is 13.0 Å². The Morgan fingerprint density at radius 2 is 2.00 bits per heavy atom. The van der Waals surface area contributed by atoms with E-state index in [4.69, 9.17) is 9.47 Å². The van der Waals surface area contributed by atoms with E-state index in [9.17, 15) is 9.18 Å². The standard InChI is InChI=1S/C17H21FN4O3.ClH/c1-9(10-6-14(24-2)15(25-3)7-12(10)18)20-17(23)16-11-8-19-5-4-13(11)21-22-16;/h6-7,9,19H,4-5,8H2,1-3H3,(H,20,23)(H,21,22);1H. The molecule has 9 heteroatoms. The van der Waals surface area contributed by atoms with Gasteiger partial charge in [0.2, 0.25) is 0 Å². The number of carbonyl (C=O) groups is 1. The fourth-order valence-corrected chi connectivity index (χ4v) is 2.96. The normalized spacial score (nSPS) is 14.0. The number of aromatic amines is 1. The van der Waals surface area contributed by atoms with Crippen LogP contribution in [0.1, 0.15) is 40.3 Å². The molecular weight excluding hydrogens is 363 g/mol. The summed E-state index contributed by atoms with van der Waals surface area (Å²) in [6, 6.07) is 2.22. The third-order valence-electron chi connectivity index (χ3n) is 4.34. The van der Waals surface area contributed by atoms with Gasteiger partial charge in [0.1, 0.15) is 5.82 Å². The smallest absolute Gasteiger partial charge is 0.272 e. The molecule has 0 spiro atoms. The zero-order valence-corrected chi connectivity index (χ0v) is 15.6. The molecule has 3 N–H and O–H groups in total. The first-order chi connectivity index (χ1) is 12.0. The third kappa shape index (κ3) is 3.76. The topological polar surface area (TPSA) is 88.3 Å². The number of halogens is 2. The highest BCUT2D eigenvalue weighted by atomic mass is 35.5. The van der Waals surface area contributed by atoms with Crippen molar-refractivity contribution in [3.8, 4) is 11.5 Å². The molecular formula is C17H22ClFN4O3. The van der Waals surface area contributed by atoms with Gasteiger partial charge in [-0.15, -0.1) is 12.4 Å². The van der Waals surface area contributed by atoms with E-state index in [1.807, 2.05) is 0 Å². The van der Waals surface area contributed by atoms with Crippen LogP contribution in [0.15, 0.2) is 12.1 Å². The fourth-order valence-electron chi connectivity index (χ4n) is 2.96. The molecule has 26 heavy (non-hydrogen) atoms. The second-order valence-corrected chi connectivity index (χ2v) is 5.88. The summed E-state index contributed by atoms with van der Waals surface area (Å²) in [5.41, 5.74) is 2.49. The van der Waals surface area contributed by atoms with Crippen molar-refractivity contribution in [2.75, 3.05) is 20.8 Å². The van der Waals surface area contributed by atoms with Gasteiger partial charge in [0.05, 0.1) is 20.3 Å². The first kappa shape index (κ1) is 20.0. The van der Waals surface area contributed by atoms with Gasteiger partial charge < -0.3 is 20.1 Å². The number of hydrogen-bond donors (Lipinski definition) is 3. The van der Waals surface area contributed by atoms with Gasteiger partial charge in [-0.05, 0) is 13.0 Å². The first-order valence-corrected chi connectivity index (χ1v) is 8.04. The molecule has 0 saturated carbocycles. The van der Waals surface area contributed by atoms with Crippen molar-refractivity contribution < 1.29 is 18.7 Å². The predicted molar refractivity (Wildman–Crippen MR) is 96.6 cm³/mol. The van der Waals surface area contributed by atoms with Gasteiger partial charge in [-0.3, -0.25) is 9.89 Å². The lowest BCUT2D eigenvalue weighted by Crippen LogP contribution is -2.30. The zero-order valence-electron chi connectivity index (χ0n) is 14.8. The van der Waals surface area contributed by atoms with Gasteiger partial charge >= 0.3 is 0 Å². The van der Waals surface area contributed by atoms with Crippen molar-refractivity contribution in [1.82, 2.24) is 20.8 Å². The number of carbonyl (C=O) groups excluding carboxylic acids is 1. The van der Waals surface area contributed by atoms with Crippen molar-refractivity contribution in [3.05, 3.63) is 40.5 Å². The molecule has 3 rings (SSSR count). The fraction of sp³-hybridized carbons (Fsp3) is 0.412. The molecule has 1 amide bonds. The maximum Gasteiger partial charge on any atom is 0.272 e. The summed E-state index contributed by atoms with van der Waals surface area (Å²) in [4.78, 5) is 12.6. The number of aromatic nitrogens is 2. The third-order valence-corrected chi connectivity index (χ3v) is 4.34. The number of ether oxygens (including phenoxy) is 2. The Morgan fingerprint density at radius 3 is 2.69 bits per heavy atom. The van der Waals surface area contributed by atoms with Crippen LogP contribution in [0.2, 0.25) is 0 Å². The lowest BCUT2D eigenvalue weighted by atomic mass is 10.0. The number of hydrogen-bond acceptors (Lipinski definition) is 5. The van der Waals surface area contributed by atoms with Crippen molar-refractivity contribution in [1.29, 1.82) is 0 Å². The Bertz CT molecular complexity index is 797. The first-order valence-electron chi connectivity index (χ1n) is 8.04. The molecule has 0 saturated heterocycles. The Hall–Kier alpha value is -2.32. The van der Waals surface area contributed by atoms with Crippen LogP contribution in [0.4, 0.5) is 4.39 Å². The van der Waals surface area contributed by atoms with Crippen LogP contribution in [0.3, 0.4) is 0 Å². The van der Waals surface area contributed by atoms with E-state index >= 15 is 0 Å². The molecule has 0 bridgehead atoms. The molecule has 0 fully saturated rings. The van der Waals surface area contributed by atoms with Crippen LogP contribution in [0, 0.1) is 5.82 Å². The number of fused-ring (bicyclic) bond motifs is 1. The Labute approximate surface area is 157 Å². The summed E-state index contributed by atoms with van der Waals surface area (Å²) in [6.07, 6.45) is 0.801. The molecule has 142 valence electrons. The summed E-state index contributed by atoms with van der Waals surface area (Å²) in [5, 5.41) is 13.0. The number of H-pyrrole nitrogens is 1. The molecule has 7 nitrogen and oxygen atoms in total. The van der Waals surface area contributed by atoms with Crippen molar-refractivity contribution in [2.24, 2.45) is 0 Å². The van der Waals surface area contributed by atoms with Crippen LogP contribution < -0.4 is 20.1 Å². The number of benzene rings is 1. The zero-order chi connectivity index (χ0) is 18.0. The van der Waals surface area contributed by atoms with E-state index in [2.05, 4.69) is 20.8 Å². The summed E-state index contributed by atoms with van der Waals surface area (Å²) in [5.74, 6) is -0.116. The van der Waals surface area contributed by atoms with E-state index in [-0.39, 0.29) is 18.3 Å². The maximum absolute atomic E-state index is 14.4. The highest BCUT2D eigenvalue weighted by Crippen LogP contribution is 2.32.